The summed E-state index contributed by atoms with van der Waals surface area (Å²) in [5.74, 6) is 0.897. The van der Waals surface area contributed by atoms with Crippen molar-refractivity contribution in [1.82, 2.24) is 0 Å². The van der Waals surface area contributed by atoms with Gasteiger partial charge in [-0.15, -0.1) is 0 Å². The number of esters is 1. The van der Waals surface area contributed by atoms with Crippen molar-refractivity contribution in [2.24, 2.45) is 0 Å². The van der Waals surface area contributed by atoms with Crippen LogP contribution in [0.4, 0.5) is 0 Å². The van der Waals surface area contributed by atoms with Crippen LogP contribution >= 0.6 is 0 Å². The Balaban J connectivity index is 2.64. The summed E-state index contributed by atoms with van der Waals surface area (Å²) in [6.07, 6.45) is 0.926. The van der Waals surface area contributed by atoms with Gasteiger partial charge >= 0.3 is 5.97 Å². The number of rotatable bonds is 8. The van der Waals surface area contributed by atoms with Crippen LogP contribution in [0, 0.1) is 0 Å². The SMILES string of the molecule is COc1ccc(C(CC(=O)OC(C)(C)C)c2ccc(OC)cc2C(C)C)c(C=O)c1. The van der Waals surface area contributed by atoms with E-state index in [2.05, 4.69) is 13.8 Å². The minimum absolute atomic E-state index is 0.122. The molecule has 0 bridgehead atoms. The summed E-state index contributed by atoms with van der Waals surface area (Å²) in [6.45, 7) is 9.72. The second-order valence-corrected chi connectivity index (χ2v) is 8.61. The lowest BCUT2D eigenvalue weighted by Crippen LogP contribution is -2.25. The van der Waals surface area contributed by atoms with Gasteiger partial charge < -0.3 is 14.2 Å². The number of hydrogen-bond donors (Lipinski definition) is 0. The fraction of sp³-hybridized carbons (Fsp3) is 0.440. The molecule has 0 aliphatic heterocycles. The Morgan fingerprint density at radius 2 is 1.50 bits per heavy atom. The average Bonchev–Trinajstić information content (AvgIpc) is 2.69. The summed E-state index contributed by atoms with van der Waals surface area (Å²) in [6, 6.07) is 11.2. The third-order valence-electron chi connectivity index (χ3n) is 4.88. The summed E-state index contributed by atoms with van der Waals surface area (Å²) in [4.78, 5) is 24.7. The third-order valence-corrected chi connectivity index (χ3v) is 4.88. The molecule has 5 heteroatoms. The Hall–Kier alpha value is -2.82. The minimum Gasteiger partial charge on any atom is -0.497 e. The van der Waals surface area contributed by atoms with Crippen molar-refractivity contribution in [3.63, 3.8) is 0 Å². The predicted octanol–water partition coefficient (Wildman–Crippen LogP) is 5.50. The van der Waals surface area contributed by atoms with E-state index in [1.165, 1.54) is 0 Å². The smallest absolute Gasteiger partial charge is 0.307 e. The summed E-state index contributed by atoms with van der Waals surface area (Å²) >= 11 is 0. The first-order valence-electron chi connectivity index (χ1n) is 10.1. The highest BCUT2D eigenvalue weighted by Gasteiger charge is 2.27. The molecule has 162 valence electrons. The maximum atomic E-state index is 12.8. The van der Waals surface area contributed by atoms with Gasteiger partial charge in [-0.3, -0.25) is 9.59 Å². The maximum Gasteiger partial charge on any atom is 0.307 e. The van der Waals surface area contributed by atoms with Gasteiger partial charge in [0.1, 0.15) is 23.4 Å². The Kier molecular flexibility index (Phi) is 7.65. The Labute approximate surface area is 179 Å². The summed E-state index contributed by atoms with van der Waals surface area (Å²) in [7, 11) is 3.19. The number of benzene rings is 2. The Morgan fingerprint density at radius 3 is 2.00 bits per heavy atom. The van der Waals surface area contributed by atoms with Crippen molar-refractivity contribution in [1.29, 1.82) is 0 Å². The zero-order chi connectivity index (χ0) is 22.5. The zero-order valence-electron chi connectivity index (χ0n) is 18.9. The maximum absolute atomic E-state index is 12.8. The standard InChI is InChI=1S/C25H32O5/c1-16(2)22-13-19(29-7)9-11-21(22)23(14-24(27)30-25(3,4)5)20-10-8-18(28-6)12-17(20)15-26/h8-13,15-16,23H,14H2,1-7H3. The molecule has 1 atom stereocenters. The van der Waals surface area contributed by atoms with Crippen LogP contribution in [-0.2, 0) is 9.53 Å². The molecule has 0 aromatic heterocycles. The molecule has 0 saturated heterocycles. The van der Waals surface area contributed by atoms with Gasteiger partial charge in [0, 0.05) is 11.5 Å². The number of carbonyl (C=O) groups is 2. The van der Waals surface area contributed by atoms with Crippen LogP contribution in [0.2, 0.25) is 0 Å². The van der Waals surface area contributed by atoms with Gasteiger partial charge in [0.05, 0.1) is 20.6 Å². The molecule has 0 heterocycles. The molecule has 30 heavy (non-hydrogen) atoms. The summed E-state index contributed by atoms with van der Waals surface area (Å²) in [5.41, 5.74) is 2.72. The molecule has 2 rings (SSSR count). The van der Waals surface area contributed by atoms with E-state index in [-0.39, 0.29) is 24.2 Å². The van der Waals surface area contributed by atoms with E-state index in [9.17, 15) is 9.59 Å². The average molecular weight is 413 g/mol. The lowest BCUT2D eigenvalue weighted by atomic mass is 9.81. The van der Waals surface area contributed by atoms with Crippen molar-refractivity contribution < 1.29 is 23.8 Å². The number of methoxy groups -OCH3 is 2. The van der Waals surface area contributed by atoms with Crippen LogP contribution < -0.4 is 9.47 Å². The quantitative estimate of drug-likeness (QED) is 0.423. The van der Waals surface area contributed by atoms with Gasteiger partial charge in [0.15, 0.2) is 0 Å². The molecule has 0 spiro atoms. The van der Waals surface area contributed by atoms with Gasteiger partial charge in [-0.25, -0.2) is 0 Å². The van der Waals surface area contributed by atoms with Gasteiger partial charge in [-0.1, -0.05) is 26.0 Å². The molecule has 2 aromatic rings. The van der Waals surface area contributed by atoms with Crippen molar-refractivity contribution in [2.45, 2.75) is 58.5 Å². The van der Waals surface area contributed by atoms with Crippen molar-refractivity contribution in [3.05, 3.63) is 58.7 Å². The van der Waals surface area contributed by atoms with Crippen LogP contribution in [0.15, 0.2) is 36.4 Å². The minimum atomic E-state index is -0.587. The molecule has 0 saturated carbocycles. The van der Waals surface area contributed by atoms with Crippen LogP contribution in [-0.4, -0.2) is 32.1 Å². The molecule has 1 unspecified atom stereocenters. The van der Waals surface area contributed by atoms with Crippen LogP contribution in [0.3, 0.4) is 0 Å². The fourth-order valence-electron chi connectivity index (χ4n) is 3.53. The number of ether oxygens (including phenoxy) is 3. The number of aldehydes is 1. The van der Waals surface area contributed by atoms with E-state index in [0.29, 0.717) is 11.3 Å². The zero-order valence-corrected chi connectivity index (χ0v) is 18.9. The van der Waals surface area contributed by atoms with E-state index in [4.69, 9.17) is 14.2 Å². The largest absolute Gasteiger partial charge is 0.497 e. The normalized spacial score (nSPS) is 12.4. The lowest BCUT2D eigenvalue weighted by molar-refractivity contribution is -0.155. The van der Waals surface area contributed by atoms with Gasteiger partial charge in [0.2, 0.25) is 0 Å². The van der Waals surface area contributed by atoms with E-state index < -0.39 is 5.60 Å². The van der Waals surface area contributed by atoms with E-state index in [1.54, 1.807) is 20.3 Å². The van der Waals surface area contributed by atoms with Gasteiger partial charge in [-0.2, -0.15) is 0 Å². The molecule has 0 fully saturated rings. The highest BCUT2D eigenvalue weighted by molar-refractivity contribution is 5.80. The van der Waals surface area contributed by atoms with Gasteiger partial charge in [0.25, 0.3) is 0 Å². The van der Waals surface area contributed by atoms with Crippen molar-refractivity contribution in [3.8, 4) is 11.5 Å². The molecule has 0 radical (unpaired) electrons. The topological polar surface area (TPSA) is 61.8 Å². The number of carbonyl (C=O) groups excluding carboxylic acids is 2. The molecule has 0 aliphatic rings. The molecule has 0 aliphatic carbocycles. The molecule has 0 amide bonds. The van der Waals surface area contributed by atoms with Crippen LogP contribution in [0.5, 0.6) is 11.5 Å². The monoisotopic (exact) mass is 412 g/mol. The van der Waals surface area contributed by atoms with Crippen LogP contribution in [0.1, 0.15) is 79.9 Å². The van der Waals surface area contributed by atoms with E-state index in [1.807, 2.05) is 51.1 Å². The van der Waals surface area contributed by atoms with Crippen molar-refractivity contribution >= 4 is 12.3 Å². The van der Waals surface area contributed by atoms with E-state index in [0.717, 1.165) is 28.7 Å². The predicted molar refractivity (Wildman–Crippen MR) is 118 cm³/mol. The third kappa shape index (κ3) is 5.85. The summed E-state index contributed by atoms with van der Waals surface area (Å²) in [5, 5.41) is 0. The first-order valence-corrected chi connectivity index (χ1v) is 10.1. The molecule has 5 nitrogen and oxygen atoms in total. The Bertz CT molecular complexity index is 893. The van der Waals surface area contributed by atoms with Crippen molar-refractivity contribution in [2.75, 3.05) is 14.2 Å². The fourth-order valence-corrected chi connectivity index (χ4v) is 3.53. The molecular formula is C25H32O5. The van der Waals surface area contributed by atoms with E-state index >= 15 is 0 Å². The second kappa shape index (κ2) is 9.79. The lowest BCUT2D eigenvalue weighted by Gasteiger charge is -2.26. The van der Waals surface area contributed by atoms with Crippen LogP contribution in [0.25, 0.3) is 0 Å². The number of hydrogen-bond acceptors (Lipinski definition) is 5. The van der Waals surface area contributed by atoms with Gasteiger partial charge in [-0.05, 0) is 67.6 Å². The highest BCUT2D eigenvalue weighted by Crippen LogP contribution is 2.38. The molecule has 2 aromatic carbocycles. The Morgan fingerprint density at radius 1 is 0.933 bits per heavy atom. The first kappa shape index (κ1) is 23.5. The summed E-state index contributed by atoms with van der Waals surface area (Å²) < 4.78 is 16.3. The first-order chi connectivity index (χ1) is 14.1. The molecular weight excluding hydrogens is 380 g/mol. The second-order valence-electron chi connectivity index (χ2n) is 8.61. The highest BCUT2D eigenvalue weighted by atomic mass is 16.6. The molecule has 0 N–H and O–H groups in total.